The predicted octanol–water partition coefficient (Wildman–Crippen LogP) is 2.46. The van der Waals surface area contributed by atoms with Crippen LogP contribution in [0.15, 0.2) is 18.2 Å². The minimum absolute atomic E-state index is 0.198. The molecule has 4 heteroatoms. The number of benzene rings is 1. The van der Waals surface area contributed by atoms with E-state index in [4.69, 9.17) is 4.74 Å². The number of amides is 2. The van der Waals surface area contributed by atoms with E-state index in [9.17, 15) is 4.79 Å². The fourth-order valence-corrected chi connectivity index (χ4v) is 1.50. The molecule has 2 amide bonds. The van der Waals surface area contributed by atoms with Crippen molar-refractivity contribution in [2.45, 2.75) is 20.8 Å². The van der Waals surface area contributed by atoms with Crippen molar-refractivity contribution in [3.63, 3.8) is 0 Å². The van der Waals surface area contributed by atoms with E-state index in [0.717, 1.165) is 11.3 Å². The van der Waals surface area contributed by atoms with Crippen LogP contribution in [0.1, 0.15) is 18.1 Å². The minimum Gasteiger partial charge on any atom is -0.380 e. The van der Waals surface area contributed by atoms with E-state index < -0.39 is 0 Å². The number of hydrogen-bond donors (Lipinski definition) is 2. The summed E-state index contributed by atoms with van der Waals surface area (Å²) in [6, 6.07) is 5.72. The molecule has 0 saturated heterocycles. The Bertz CT molecular complexity index is 378. The standard InChI is InChI=1S/C13H20N2O2/c1-4-17-8-7-14-13(16)15-12-6-5-10(2)9-11(12)3/h5-6,9H,4,7-8H2,1-3H3,(H2,14,15,16). The van der Waals surface area contributed by atoms with Crippen LogP contribution < -0.4 is 10.6 Å². The van der Waals surface area contributed by atoms with Gasteiger partial charge < -0.3 is 15.4 Å². The molecule has 4 nitrogen and oxygen atoms in total. The molecular weight excluding hydrogens is 216 g/mol. The molecule has 0 spiro atoms. The SMILES string of the molecule is CCOCCNC(=O)Nc1ccc(C)cc1C. The first-order chi connectivity index (χ1) is 8.13. The van der Waals surface area contributed by atoms with Crippen molar-refractivity contribution >= 4 is 11.7 Å². The highest BCUT2D eigenvalue weighted by Gasteiger charge is 2.03. The normalized spacial score (nSPS) is 10.1. The van der Waals surface area contributed by atoms with Crippen LogP contribution >= 0.6 is 0 Å². The summed E-state index contributed by atoms with van der Waals surface area (Å²) in [6.07, 6.45) is 0. The smallest absolute Gasteiger partial charge is 0.319 e. The average molecular weight is 236 g/mol. The lowest BCUT2D eigenvalue weighted by atomic mass is 10.1. The van der Waals surface area contributed by atoms with E-state index in [1.807, 2.05) is 39.0 Å². The van der Waals surface area contributed by atoms with Crippen LogP contribution in [0.3, 0.4) is 0 Å². The molecule has 0 aliphatic heterocycles. The monoisotopic (exact) mass is 236 g/mol. The molecule has 0 unspecified atom stereocenters. The Hall–Kier alpha value is -1.55. The number of anilines is 1. The van der Waals surface area contributed by atoms with Crippen LogP contribution in [0.25, 0.3) is 0 Å². The lowest BCUT2D eigenvalue weighted by Crippen LogP contribution is -2.31. The molecule has 2 N–H and O–H groups in total. The molecule has 1 aromatic rings. The maximum Gasteiger partial charge on any atom is 0.319 e. The second-order valence-corrected chi connectivity index (χ2v) is 3.90. The quantitative estimate of drug-likeness (QED) is 0.772. The van der Waals surface area contributed by atoms with Gasteiger partial charge in [-0.05, 0) is 32.4 Å². The summed E-state index contributed by atoms with van der Waals surface area (Å²) in [7, 11) is 0. The zero-order valence-corrected chi connectivity index (χ0v) is 10.7. The Balaban J connectivity index is 2.40. The first kappa shape index (κ1) is 13.5. The number of carbonyl (C=O) groups excluding carboxylic acids is 1. The van der Waals surface area contributed by atoms with Crippen molar-refractivity contribution < 1.29 is 9.53 Å². The highest BCUT2D eigenvalue weighted by molar-refractivity contribution is 5.90. The molecule has 0 atom stereocenters. The van der Waals surface area contributed by atoms with Gasteiger partial charge in [-0.3, -0.25) is 0 Å². The molecule has 0 heterocycles. The number of nitrogens with one attached hydrogen (secondary N) is 2. The van der Waals surface area contributed by atoms with Crippen molar-refractivity contribution in [2.24, 2.45) is 0 Å². The first-order valence-corrected chi connectivity index (χ1v) is 5.83. The van der Waals surface area contributed by atoms with Crippen LogP contribution in [-0.2, 0) is 4.74 Å². The highest BCUT2D eigenvalue weighted by atomic mass is 16.5. The summed E-state index contributed by atoms with van der Waals surface area (Å²) in [4.78, 5) is 11.5. The van der Waals surface area contributed by atoms with Crippen LogP contribution in [0, 0.1) is 13.8 Å². The van der Waals surface area contributed by atoms with E-state index in [1.54, 1.807) is 0 Å². The topological polar surface area (TPSA) is 50.4 Å². The van der Waals surface area contributed by atoms with E-state index in [-0.39, 0.29) is 6.03 Å². The molecule has 94 valence electrons. The molecule has 1 aromatic carbocycles. The number of rotatable bonds is 5. The van der Waals surface area contributed by atoms with E-state index in [0.29, 0.717) is 19.8 Å². The maximum atomic E-state index is 11.5. The van der Waals surface area contributed by atoms with Crippen LogP contribution in [0.2, 0.25) is 0 Å². The molecule has 0 aliphatic carbocycles. The summed E-state index contributed by atoms with van der Waals surface area (Å²) < 4.78 is 5.13. The zero-order chi connectivity index (χ0) is 12.7. The average Bonchev–Trinajstić information content (AvgIpc) is 2.28. The number of aryl methyl sites for hydroxylation is 2. The lowest BCUT2D eigenvalue weighted by Gasteiger charge is -2.10. The van der Waals surface area contributed by atoms with Gasteiger partial charge in [0.25, 0.3) is 0 Å². The maximum absolute atomic E-state index is 11.5. The van der Waals surface area contributed by atoms with Gasteiger partial charge in [0.1, 0.15) is 0 Å². The molecule has 0 aromatic heterocycles. The van der Waals surface area contributed by atoms with Crippen molar-refractivity contribution in [3.05, 3.63) is 29.3 Å². The third-order valence-corrected chi connectivity index (χ3v) is 2.37. The molecule has 0 saturated carbocycles. The van der Waals surface area contributed by atoms with Crippen LogP contribution in [0.4, 0.5) is 10.5 Å². The third-order valence-electron chi connectivity index (χ3n) is 2.37. The molecule has 0 aliphatic rings. The predicted molar refractivity (Wildman–Crippen MR) is 69.4 cm³/mol. The number of ether oxygens (including phenoxy) is 1. The second-order valence-electron chi connectivity index (χ2n) is 3.90. The lowest BCUT2D eigenvalue weighted by molar-refractivity contribution is 0.150. The number of carbonyl (C=O) groups is 1. The first-order valence-electron chi connectivity index (χ1n) is 5.83. The van der Waals surface area contributed by atoms with Crippen molar-refractivity contribution in [2.75, 3.05) is 25.1 Å². The molecule has 0 radical (unpaired) electrons. The summed E-state index contributed by atoms with van der Waals surface area (Å²) in [6.45, 7) is 7.65. The Morgan fingerprint density at radius 1 is 1.35 bits per heavy atom. The van der Waals surface area contributed by atoms with Crippen molar-refractivity contribution in [1.29, 1.82) is 0 Å². The highest BCUT2D eigenvalue weighted by Crippen LogP contribution is 2.15. The molecule has 0 bridgehead atoms. The number of hydrogen-bond acceptors (Lipinski definition) is 2. The van der Waals surface area contributed by atoms with Gasteiger partial charge in [-0.25, -0.2) is 4.79 Å². The molecule has 17 heavy (non-hydrogen) atoms. The summed E-state index contributed by atoms with van der Waals surface area (Å²) >= 11 is 0. The fraction of sp³-hybridized carbons (Fsp3) is 0.462. The summed E-state index contributed by atoms with van der Waals surface area (Å²) in [5.74, 6) is 0. The van der Waals surface area contributed by atoms with E-state index in [2.05, 4.69) is 10.6 Å². The van der Waals surface area contributed by atoms with Crippen molar-refractivity contribution in [3.8, 4) is 0 Å². The van der Waals surface area contributed by atoms with Crippen LogP contribution in [-0.4, -0.2) is 25.8 Å². The second kappa shape index (κ2) is 6.91. The van der Waals surface area contributed by atoms with Gasteiger partial charge in [0.2, 0.25) is 0 Å². The Kier molecular flexibility index (Phi) is 5.49. The molecule has 0 fully saturated rings. The Labute approximate surface area is 102 Å². The van der Waals surface area contributed by atoms with Gasteiger partial charge in [-0.15, -0.1) is 0 Å². The van der Waals surface area contributed by atoms with Gasteiger partial charge in [0.15, 0.2) is 0 Å². The van der Waals surface area contributed by atoms with Gasteiger partial charge in [-0.2, -0.15) is 0 Å². The minimum atomic E-state index is -0.198. The van der Waals surface area contributed by atoms with Crippen LogP contribution in [0.5, 0.6) is 0 Å². The number of urea groups is 1. The molecular formula is C13H20N2O2. The van der Waals surface area contributed by atoms with Gasteiger partial charge in [-0.1, -0.05) is 17.7 Å². The van der Waals surface area contributed by atoms with Crippen molar-refractivity contribution in [1.82, 2.24) is 5.32 Å². The third kappa shape index (κ3) is 4.87. The van der Waals surface area contributed by atoms with Gasteiger partial charge in [0.05, 0.1) is 6.61 Å². The molecule has 1 rings (SSSR count). The summed E-state index contributed by atoms with van der Waals surface area (Å²) in [5.41, 5.74) is 3.08. The Morgan fingerprint density at radius 3 is 2.76 bits per heavy atom. The largest absolute Gasteiger partial charge is 0.380 e. The Morgan fingerprint density at radius 2 is 2.12 bits per heavy atom. The van der Waals surface area contributed by atoms with E-state index >= 15 is 0 Å². The van der Waals surface area contributed by atoms with Gasteiger partial charge in [0, 0.05) is 18.8 Å². The van der Waals surface area contributed by atoms with E-state index in [1.165, 1.54) is 5.56 Å². The summed E-state index contributed by atoms with van der Waals surface area (Å²) in [5, 5.41) is 5.54. The fourth-order valence-electron chi connectivity index (χ4n) is 1.50. The van der Waals surface area contributed by atoms with Gasteiger partial charge >= 0.3 is 6.03 Å². The zero-order valence-electron chi connectivity index (χ0n) is 10.7.